The van der Waals surface area contributed by atoms with E-state index in [1.54, 1.807) is 0 Å². The molecule has 0 radical (unpaired) electrons. The molecule has 0 saturated heterocycles. The summed E-state index contributed by atoms with van der Waals surface area (Å²) in [5, 5.41) is 0. The third kappa shape index (κ3) is 7.70. The van der Waals surface area contributed by atoms with E-state index in [1.165, 1.54) is 6.42 Å². The summed E-state index contributed by atoms with van der Waals surface area (Å²) in [4.78, 5) is 0. The van der Waals surface area contributed by atoms with Crippen LogP contribution in [0.5, 0.6) is 0 Å². The standard InChI is InChI=1S/C8H17N/c1-8(2)6-4-3-5-7-9/h3-4,8H,5-7,9H2,1-2H3/b4-3-. The number of nitrogens with two attached hydrogens (primary N) is 1. The first-order valence-corrected chi connectivity index (χ1v) is 3.62. The first-order valence-electron chi connectivity index (χ1n) is 3.62. The van der Waals surface area contributed by atoms with Crippen LogP contribution in [-0.2, 0) is 0 Å². The zero-order valence-electron chi connectivity index (χ0n) is 6.43. The summed E-state index contributed by atoms with van der Waals surface area (Å²) in [5.74, 6) is 0.777. The second-order valence-electron chi connectivity index (χ2n) is 2.68. The normalized spacial score (nSPS) is 11.6. The molecule has 9 heavy (non-hydrogen) atoms. The van der Waals surface area contributed by atoms with Crippen LogP contribution in [0.15, 0.2) is 12.2 Å². The predicted octanol–water partition coefficient (Wildman–Crippen LogP) is 1.94. The van der Waals surface area contributed by atoms with Crippen LogP contribution in [-0.4, -0.2) is 6.54 Å². The van der Waals surface area contributed by atoms with Crippen LogP contribution in [0.1, 0.15) is 26.7 Å². The zero-order valence-corrected chi connectivity index (χ0v) is 6.43. The van der Waals surface area contributed by atoms with Gasteiger partial charge in [0.25, 0.3) is 0 Å². The van der Waals surface area contributed by atoms with Crippen LogP contribution in [0.25, 0.3) is 0 Å². The van der Waals surface area contributed by atoms with E-state index in [4.69, 9.17) is 5.73 Å². The summed E-state index contributed by atoms with van der Waals surface area (Å²) in [6, 6.07) is 0. The van der Waals surface area contributed by atoms with E-state index in [-0.39, 0.29) is 0 Å². The molecule has 0 unspecified atom stereocenters. The molecule has 54 valence electrons. The quantitative estimate of drug-likeness (QED) is 0.574. The average molecular weight is 127 g/mol. The van der Waals surface area contributed by atoms with E-state index in [9.17, 15) is 0 Å². The Morgan fingerprint density at radius 2 is 2.00 bits per heavy atom. The van der Waals surface area contributed by atoms with Gasteiger partial charge in [-0.1, -0.05) is 26.0 Å². The Labute approximate surface area is 57.9 Å². The molecule has 1 heteroatoms. The maximum Gasteiger partial charge on any atom is -0.00426 e. The van der Waals surface area contributed by atoms with Crippen LogP contribution in [0, 0.1) is 5.92 Å². The van der Waals surface area contributed by atoms with Gasteiger partial charge < -0.3 is 5.73 Å². The summed E-state index contributed by atoms with van der Waals surface area (Å²) in [5.41, 5.74) is 5.29. The van der Waals surface area contributed by atoms with Gasteiger partial charge in [-0.25, -0.2) is 0 Å². The Bertz CT molecular complexity index is 74.6. The summed E-state index contributed by atoms with van der Waals surface area (Å²) >= 11 is 0. The molecular weight excluding hydrogens is 110 g/mol. The van der Waals surface area contributed by atoms with E-state index >= 15 is 0 Å². The molecule has 0 aliphatic rings. The van der Waals surface area contributed by atoms with Gasteiger partial charge in [-0.3, -0.25) is 0 Å². The van der Waals surface area contributed by atoms with E-state index in [0.29, 0.717) is 0 Å². The first-order chi connectivity index (χ1) is 4.27. The molecule has 0 aromatic carbocycles. The van der Waals surface area contributed by atoms with Crippen LogP contribution in [0.4, 0.5) is 0 Å². The summed E-state index contributed by atoms with van der Waals surface area (Å²) in [6.45, 7) is 5.20. The number of hydrogen-bond donors (Lipinski definition) is 1. The Kier molecular flexibility index (Phi) is 5.64. The van der Waals surface area contributed by atoms with Crippen molar-refractivity contribution in [2.75, 3.05) is 6.54 Å². The molecule has 0 bridgehead atoms. The molecule has 0 amide bonds. The summed E-state index contributed by atoms with van der Waals surface area (Å²) < 4.78 is 0. The minimum atomic E-state index is 0.772. The molecule has 0 fully saturated rings. The van der Waals surface area contributed by atoms with Gasteiger partial charge in [0.15, 0.2) is 0 Å². The minimum Gasteiger partial charge on any atom is -0.330 e. The topological polar surface area (TPSA) is 26.0 Å². The van der Waals surface area contributed by atoms with Crippen molar-refractivity contribution in [3.05, 3.63) is 12.2 Å². The van der Waals surface area contributed by atoms with Gasteiger partial charge in [0.05, 0.1) is 0 Å². The molecular formula is C8H17N. The van der Waals surface area contributed by atoms with Crippen molar-refractivity contribution >= 4 is 0 Å². The molecule has 0 aromatic rings. The van der Waals surface area contributed by atoms with Gasteiger partial charge in [-0.15, -0.1) is 0 Å². The molecule has 0 aliphatic carbocycles. The Morgan fingerprint density at radius 1 is 1.33 bits per heavy atom. The molecule has 0 spiro atoms. The lowest BCUT2D eigenvalue weighted by Crippen LogP contribution is -1.95. The van der Waals surface area contributed by atoms with Gasteiger partial charge in [-0.2, -0.15) is 0 Å². The van der Waals surface area contributed by atoms with Gasteiger partial charge in [0.1, 0.15) is 0 Å². The number of hydrogen-bond acceptors (Lipinski definition) is 1. The van der Waals surface area contributed by atoms with E-state index in [0.717, 1.165) is 18.9 Å². The second kappa shape index (κ2) is 5.83. The predicted molar refractivity (Wildman–Crippen MR) is 42.3 cm³/mol. The molecule has 0 saturated carbocycles. The molecule has 2 N–H and O–H groups in total. The highest BCUT2D eigenvalue weighted by molar-refractivity contribution is 4.82. The highest BCUT2D eigenvalue weighted by Gasteiger charge is 1.85. The van der Waals surface area contributed by atoms with E-state index in [2.05, 4.69) is 26.0 Å². The van der Waals surface area contributed by atoms with Gasteiger partial charge in [0, 0.05) is 0 Å². The van der Waals surface area contributed by atoms with Crippen molar-refractivity contribution in [2.24, 2.45) is 11.7 Å². The third-order valence-corrected chi connectivity index (χ3v) is 1.11. The van der Waals surface area contributed by atoms with Gasteiger partial charge >= 0.3 is 0 Å². The van der Waals surface area contributed by atoms with E-state index < -0.39 is 0 Å². The summed E-state index contributed by atoms with van der Waals surface area (Å²) in [6.07, 6.45) is 6.56. The molecule has 1 nitrogen and oxygen atoms in total. The average Bonchev–Trinajstić information content (AvgIpc) is 1.80. The zero-order chi connectivity index (χ0) is 7.11. The Morgan fingerprint density at radius 3 is 2.44 bits per heavy atom. The van der Waals surface area contributed by atoms with Crippen molar-refractivity contribution in [3.8, 4) is 0 Å². The van der Waals surface area contributed by atoms with Crippen molar-refractivity contribution < 1.29 is 0 Å². The smallest absolute Gasteiger partial charge is 0.00426 e. The van der Waals surface area contributed by atoms with Gasteiger partial charge in [-0.05, 0) is 25.3 Å². The van der Waals surface area contributed by atoms with Crippen LogP contribution >= 0.6 is 0 Å². The maximum atomic E-state index is 5.29. The molecule has 0 aliphatic heterocycles. The Hall–Kier alpha value is -0.300. The monoisotopic (exact) mass is 127 g/mol. The highest BCUT2D eigenvalue weighted by Crippen LogP contribution is 1.99. The molecule has 0 heterocycles. The van der Waals surface area contributed by atoms with Crippen molar-refractivity contribution in [2.45, 2.75) is 26.7 Å². The molecule has 0 rings (SSSR count). The lowest BCUT2D eigenvalue weighted by atomic mass is 10.1. The van der Waals surface area contributed by atoms with Crippen molar-refractivity contribution in [1.82, 2.24) is 0 Å². The van der Waals surface area contributed by atoms with E-state index in [1.807, 2.05) is 0 Å². The second-order valence-corrected chi connectivity index (χ2v) is 2.68. The highest BCUT2D eigenvalue weighted by atomic mass is 14.5. The Balaban J connectivity index is 3.04. The number of allylic oxidation sites excluding steroid dienone is 1. The largest absolute Gasteiger partial charge is 0.330 e. The lowest BCUT2D eigenvalue weighted by molar-refractivity contribution is 0.662. The fourth-order valence-electron chi connectivity index (χ4n) is 0.582. The van der Waals surface area contributed by atoms with Crippen LogP contribution in [0.2, 0.25) is 0 Å². The first kappa shape index (κ1) is 8.70. The third-order valence-electron chi connectivity index (χ3n) is 1.11. The van der Waals surface area contributed by atoms with Gasteiger partial charge in [0.2, 0.25) is 0 Å². The number of rotatable bonds is 4. The van der Waals surface area contributed by atoms with Crippen LogP contribution < -0.4 is 5.73 Å². The van der Waals surface area contributed by atoms with Crippen molar-refractivity contribution in [3.63, 3.8) is 0 Å². The lowest BCUT2D eigenvalue weighted by Gasteiger charge is -1.95. The van der Waals surface area contributed by atoms with Crippen molar-refractivity contribution in [1.29, 1.82) is 0 Å². The van der Waals surface area contributed by atoms with Crippen LogP contribution in [0.3, 0.4) is 0 Å². The summed E-state index contributed by atoms with van der Waals surface area (Å²) in [7, 11) is 0. The minimum absolute atomic E-state index is 0.772. The maximum absolute atomic E-state index is 5.29. The molecule has 0 atom stereocenters. The fraction of sp³-hybridized carbons (Fsp3) is 0.750. The molecule has 0 aromatic heterocycles. The SMILES string of the molecule is CC(C)C/C=C\CCN. The fourth-order valence-corrected chi connectivity index (χ4v) is 0.582.